The van der Waals surface area contributed by atoms with Gasteiger partial charge in [0, 0.05) is 5.57 Å². The van der Waals surface area contributed by atoms with Crippen molar-refractivity contribution in [1.29, 1.82) is 0 Å². The predicted octanol–water partition coefficient (Wildman–Crippen LogP) is 3.38. The number of carboxylic acids is 1. The van der Waals surface area contributed by atoms with Crippen LogP contribution >= 0.6 is 0 Å². The van der Waals surface area contributed by atoms with Crippen LogP contribution in [-0.2, 0) is 4.79 Å². The van der Waals surface area contributed by atoms with E-state index in [-0.39, 0.29) is 0 Å². The fourth-order valence-corrected chi connectivity index (χ4v) is 2.05. The molecule has 1 saturated carbocycles. The van der Waals surface area contributed by atoms with E-state index in [0.717, 1.165) is 31.3 Å². The Hall–Kier alpha value is -0.790. The van der Waals surface area contributed by atoms with Crippen molar-refractivity contribution in [2.45, 2.75) is 52.9 Å². The molecule has 14 heavy (non-hydrogen) atoms. The number of allylic oxidation sites excluding steroid dienone is 1. The Labute approximate surface area is 86.0 Å². The van der Waals surface area contributed by atoms with Crippen molar-refractivity contribution in [3.8, 4) is 0 Å². The molecule has 2 heteroatoms. The summed E-state index contributed by atoms with van der Waals surface area (Å²) in [6.45, 7) is 6.27. The maximum atomic E-state index is 10.8. The number of carboxylic acid groups (broad SMARTS) is 1. The summed E-state index contributed by atoms with van der Waals surface area (Å²) in [5, 5.41) is 8.90. The Balaban J connectivity index is 2.76. The second-order valence-corrected chi connectivity index (χ2v) is 5.05. The lowest BCUT2D eigenvalue weighted by Gasteiger charge is -2.21. The molecule has 0 bridgehead atoms. The van der Waals surface area contributed by atoms with E-state index in [9.17, 15) is 4.79 Å². The summed E-state index contributed by atoms with van der Waals surface area (Å²) in [5.74, 6) is -0.750. The molecule has 1 rings (SSSR count). The van der Waals surface area contributed by atoms with Gasteiger partial charge in [0.25, 0.3) is 0 Å². The summed E-state index contributed by atoms with van der Waals surface area (Å²) in [4.78, 5) is 10.8. The Bertz CT molecular complexity index is 261. The third-order valence-electron chi connectivity index (χ3n) is 3.29. The highest BCUT2D eigenvalue weighted by molar-refractivity contribution is 5.86. The van der Waals surface area contributed by atoms with Crippen LogP contribution in [-0.4, -0.2) is 11.1 Å². The average Bonchev–Trinajstić information content (AvgIpc) is 2.25. The van der Waals surface area contributed by atoms with E-state index in [4.69, 9.17) is 5.11 Å². The highest BCUT2D eigenvalue weighted by atomic mass is 16.4. The molecule has 0 unspecified atom stereocenters. The number of rotatable bonds is 1. The zero-order valence-corrected chi connectivity index (χ0v) is 9.39. The first-order valence-electron chi connectivity index (χ1n) is 5.34. The van der Waals surface area contributed by atoms with Crippen molar-refractivity contribution in [3.63, 3.8) is 0 Å². The molecule has 2 nitrogen and oxygen atoms in total. The molecule has 1 fully saturated rings. The molecule has 1 aliphatic rings. The van der Waals surface area contributed by atoms with E-state index >= 15 is 0 Å². The molecule has 0 amide bonds. The summed E-state index contributed by atoms with van der Waals surface area (Å²) in [5.41, 5.74) is 2.12. The summed E-state index contributed by atoms with van der Waals surface area (Å²) < 4.78 is 0. The third-order valence-corrected chi connectivity index (χ3v) is 3.29. The second kappa shape index (κ2) is 4.16. The van der Waals surface area contributed by atoms with Crippen LogP contribution in [0.1, 0.15) is 52.9 Å². The van der Waals surface area contributed by atoms with Gasteiger partial charge in [0.2, 0.25) is 0 Å². The lowest BCUT2D eigenvalue weighted by Crippen LogP contribution is -2.08. The normalized spacial score (nSPS) is 25.4. The molecule has 1 aliphatic carbocycles. The molecule has 1 N–H and O–H groups in total. The standard InChI is InChI=1S/C12H20O2/c1-9(11(13)14)10-5-4-7-12(2,3)8-6-10/h4-8H2,1-3H3,(H,13,14). The molecule has 0 radical (unpaired) electrons. The first-order valence-corrected chi connectivity index (χ1v) is 5.34. The van der Waals surface area contributed by atoms with Gasteiger partial charge < -0.3 is 5.11 Å². The maximum absolute atomic E-state index is 10.8. The largest absolute Gasteiger partial charge is 0.478 e. The number of carbonyl (C=O) groups is 1. The van der Waals surface area contributed by atoms with E-state index in [2.05, 4.69) is 13.8 Å². The third kappa shape index (κ3) is 2.86. The van der Waals surface area contributed by atoms with Crippen LogP contribution in [0.2, 0.25) is 0 Å². The summed E-state index contributed by atoms with van der Waals surface area (Å²) in [6.07, 6.45) is 5.40. The van der Waals surface area contributed by atoms with Crippen LogP contribution in [0.15, 0.2) is 11.1 Å². The Morgan fingerprint density at radius 1 is 1.29 bits per heavy atom. The molecule has 0 aromatic rings. The molecule has 80 valence electrons. The topological polar surface area (TPSA) is 37.3 Å². The van der Waals surface area contributed by atoms with Crippen LogP contribution in [0.5, 0.6) is 0 Å². The van der Waals surface area contributed by atoms with Gasteiger partial charge in [0.05, 0.1) is 0 Å². The van der Waals surface area contributed by atoms with Gasteiger partial charge in [-0.1, -0.05) is 19.4 Å². The Morgan fingerprint density at radius 2 is 1.93 bits per heavy atom. The molecule has 0 spiro atoms. The first kappa shape index (κ1) is 11.3. The van der Waals surface area contributed by atoms with Crippen molar-refractivity contribution in [2.24, 2.45) is 5.41 Å². The minimum absolute atomic E-state index is 0.389. The second-order valence-electron chi connectivity index (χ2n) is 5.05. The van der Waals surface area contributed by atoms with E-state index in [1.807, 2.05) is 0 Å². The van der Waals surface area contributed by atoms with Gasteiger partial charge in [-0.05, 0) is 44.4 Å². The molecular weight excluding hydrogens is 176 g/mol. The lowest BCUT2D eigenvalue weighted by atomic mass is 9.85. The van der Waals surface area contributed by atoms with E-state index < -0.39 is 5.97 Å². The number of hydrogen-bond acceptors (Lipinski definition) is 1. The summed E-state index contributed by atoms with van der Waals surface area (Å²) in [7, 11) is 0. The molecule has 0 heterocycles. The Morgan fingerprint density at radius 3 is 2.50 bits per heavy atom. The van der Waals surface area contributed by atoms with Crippen molar-refractivity contribution >= 4 is 5.97 Å². The summed E-state index contributed by atoms with van der Waals surface area (Å²) >= 11 is 0. The SMILES string of the molecule is CC(C(=O)O)=C1CCCC(C)(C)CC1. The highest BCUT2D eigenvalue weighted by Crippen LogP contribution is 2.36. The quantitative estimate of drug-likeness (QED) is 0.515. The lowest BCUT2D eigenvalue weighted by molar-refractivity contribution is -0.132. The smallest absolute Gasteiger partial charge is 0.331 e. The van der Waals surface area contributed by atoms with E-state index in [0.29, 0.717) is 11.0 Å². The molecule has 0 aliphatic heterocycles. The van der Waals surface area contributed by atoms with Gasteiger partial charge >= 0.3 is 5.97 Å². The van der Waals surface area contributed by atoms with Gasteiger partial charge in [-0.25, -0.2) is 4.79 Å². The molecule has 0 atom stereocenters. The molecular formula is C12H20O2. The van der Waals surface area contributed by atoms with Crippen molar-refractivity contribution < 1.29 is 9.90 Å². The zero-order chi connectivity index (χ0) is 10.8. The number of hydrogen-bond donors (Lipinski definition) is 1. The van der Waals surface area contributed by atoms with Crippen molar-refractivity contribution in [1.82, 2.24) is 0 Å². The molecule has 0 aromatic carbocycles. The predicted molar refractivity (Wildman–Crippen MR) is 57.2 cm³/mol. The van der Waals surface area contributed by atoms with Gasteiger partial charge in [-0.2, -0.15) is 0 Å². The van der Waals surface area contributed by atoms with E-state index in [1.165, 1.54) is 6.42 Å². The minimum atomic E-state index is -0.750. The monoisotopic (exact) mass is 196 g/mol. The van der Waals surface area contributed by atoms with Crippen molar-refractivity contribution in [3.05, 3.63) is 11.1 Å². The van der Waals surface area contributed by atoms with Gasteiger partial charge in [0.15, 0.2) is 0 Å². The zero-order valence-electron chi connectivity index (χ0n) is 9.39. The van der Waals surface area contributed by atoms with Crippen LogP contribution < -0.4 is 0 Å². The molecule has 0 saturated heterocycles. The van der Waals surface area contributed by atoms with Crippen LogP contribution in [0, 0.1) is 5.41 Å². The van der Waals surface area contributed by atoms with Gasteiger partial charge in [-0.3, -0.25) is 0 Å². The highest BCUT2D eigenvalue weighted by Gasteiger charge is 2.23. The number of aliphatic carboxylic acids is 1. The van der Waals surface area contributed by atoms with E-state index in [1.54, 1.807) is 6.92 Å². The van der Waals surface area contributed by atoms with Crippen molar-refractivity contribution in [2.75, 3.05) is 0 Å². The Kier molecular flexibility index (Phi) is 3.35. The average molecular weight is 196 g/mol. The van der Waals surface area contributed by atoms with Crippen LogP contribution in [0.25, 0.3) is 0 Å². The van der Waals surface area contributed by atoms with Crippen LogP contribution in [0.3, 0.4) is 0 Å². The summed E-state index contributed by atoms with van der Waals surface area (Å²) in [6, 6.07) is 0. The molecule has 0 aromatic heterocycles. The van der Waals surface area contributed by atoms with Crippen LogP contribution in [0.4, 0.5) is 0 Å². The first-order chi connectivity index (χ1) is 6.42. The fraction of sp³-hybridized carbons (Fsp3) is 0.750. The maximum Gasteiger partial charge on any atom is 0.331 e. The minimum Gasteiger partial charge on any atom is -0.478 e. The fourth-order valence-electron chi connectivity index (χ4n) is 2.05. The van der Waals surface area contributed by atoms with Gasteiger partial charge in [-0.15, -0.1) is 0 Å². The van der Waals surface area contributed by atoms with Gasteiger partial charge in [0.1, 0.15) is 0 Å².